The first-order chi connectivity index (χ1) is 9.28. The van der Waals surface area contributed by atoms with E-state index < -0.39 is 0 Å². The van der Waals surface area contributed by atoms with Crippen LogP contribution in [0.5, 0.6) is 0 Å². The number of hydrogen-bond donors (Lipinski definition) is 1. The molecule has 2 aromatic rings. The minimum atomic E-state index is 0.853. The predicted molar refractivity (Wildman–Crippen MR) is 79.4 cm³/mol. The molecular formula is C15H17N3S. The molecule has 0 saturated heterocycles. The number of benzene rings is 1. The van der Waals surface area contributed by atoms with E-state index in [2.05, 4.69) is 47.7 Å². The Hall–Kier alpha value is -1.39. The third-order valence-corrected chi connectivity index (χ3v) is 4.23. The molecule has 1 aliphatic heterocycles. The molecule has 4 heteroatoms. The summed E-state index contributed by atoms with van der Waals surface area (Å²) in [4.78, 5) is 10.7. The summed E-state index contributed by atoms with van der Waals surface area (Å²) in [6.45, 7) is 3.98. The second-order valence-electron chi connectivity index (χ2n) is 4.71. The molecule has 0 spiro atoms. The lowest BCUT2D eigenvalue weighted by Crippen LogP contribution is -2.26. The molecule has 1 aromatic heterocycles. The number of thioether (sulfide) groups is 1. The Morgan fingerprint density at radius 1 is 1.16 bits per heavy atom. The molecule has 2 heterocycles. The molecule has 0 fully saturated rings. The van der Waals surface area contributed by atoms with Crippen molar-refractivity contribution >= 4 is 11.8 Å². The van der Waals surface area contributed by atoms with E-state index in [1.807, 2.05) is 0 Å². The van der Waals surface area contributed by atoms with Gasteiger partial charge in [-0.3, -0.25) is 0 Å². The molecule has 0 saturated carbocycles. The summed E-state index contributed by atoms with van der Waals surface area (Å²) in [6, 6.07) is 8.46. The smallest absolute Gasteiger partial charge is 0.159 e. The summed E-state index contributed by atoms with van der Waals surface area (Å²) >= 11 is 1.75. The standard InChI is InChI=1S/C15H17N3S/c1-10-13-9-16-8-7-14(13)18-15(17-10)11-3-5-12(19-2)6-4-11/h3-6,16H,7-9H2,1-2H3. The van der Waals surface area contributed by atoms with Crippen LogP contribution in [-0.2, 0) is 13.0 Å². The maximum absolute atomic E-state index is 4.74. The number of nitrogens with one attached hydrogen (secondary N) is 1. The molecule has 98 valence electrons. The Morgan fingerprint density at radius 3 is 2.68 bits per heavy atom. The molecule has 3 nitrogen and oxygen atoms in total. The number of aryl methyl sites for hydroxylation is 1. The van der Waals surface area contributed by atoms with Gasteiger partial charge in [-0.1, -0.05) is 12.1 Å². The second kappa shape index (κ2) is 5.31. The highest BCUT2D eigenvalue weighted by atomic mass is 32.2. The van der Waals surface area contributed by atoms with Crippen LogP contribution < -0.4 is 5.32 Å². The van der Waals surface area contributed by atoms with Crippen molar-refractivity contribution in [3.63, 3.8) is 0 Å². The van der Waals surface area contributed by atoms with Gasteiger partial charge in [-0.05, 0) is 25.3 Å². The third kappa shape index (κ3) is 2.51. The number of hydrogen-bond acceptors (Lipinski definition) is 4. The topological polar surface area (TPSA) is 37.8 Å². The minimum absolute atomic E-state index is 0.853. The number of aromatic nitrogens is 2. The highest BCUT2D eigenvalue weighted by Gasteiger charge is 2.15. The Labute approximate surface area is 117 Å². The van der Waals surface area contributed by atoms with Gasteiger partial charge in [-0.25, -0.2) is 9.97 Å². The van der Waals surface area contributed by atoms with Gasteiger partial charge in [0.15, 0.2) is 5.82 Å². The largest absolute Gasteiger partial charge is 0.312 e. The summed E-state index contributed by atoms with van der Waals surface area (Å²) in [5.41, 5.74) is 4.68. The van der Waals surface area contributed by atoms with Crippen molar-refractivity contribution in [2.75, 3.05) is 12.8 Å². The lowest BCUT2D eigenvalue weighted by molar-refractivity contribution is 0.622. The van der Waals surface area contributed by atoms with Crippen molar-refractivity contribution in [2.24, 2.45) is 0 Å². The molecule has 1 aromatic carbocycles. The summed E-state index contributed by atoms with van der Waals surface area (Å²) in [7, 11) is 0. The van der Waals surface area contributed by atoms with Crippen molar-refractivity contribution in [3.05, 3.63) is 41.2 Å². The summed E-state index contributed by atoms with van der Waals surface area (Å²) < 4.78 is 0. The van der Waals surface area contributed by atoms with Crippen molar-refractivity contribution < 1.29 is 0 Å². The molecule has 3 rings (SSSR count). The Bertz CT molecular complexity index is 593. The first-order valence-corrected chi connectivity index (χ1v) is 7.72. The molecule has 0 radical (unpaired) electrons. The van der Waals surface area contributed by atoms with Gasteiger partial charge in [-0.15, -0.1) is 11.8 Å². The van der Waals surface area contributed by atoms with E-state index in [9.17, 15) is 0 Å². The zero-order valence-electron chi connectivity index (χ0n) is 11.2. The van der Waals surface area contributed by atoms with Crippen LogP contribution in [0.4, 0.5) is 0 Å². The fourth-order valence-electron chi connectivity index (χ4n) is 2.38. The normalized spacial score (nSPS) is 14.2. The Kier molecular flexibility index (Phi) is 3.53. The fraction of sp³-hybridized carbons (Fsp3) is 0.333. The summed E-state index contributed by atoms with van der Waals surface area (Å²) in [6.07, 6.45) is 3.08. The van der Waals surface area contributed by atoms with Crippen LogP contribution in [0.2, 0.25) is 0 Å². The van der Waals surface area contributed by atoms with Crippen molar-refractivity contribution in [1.82, 2.24) is 15.3 Å². The predicted octanol–water partition coefficient (Wildman–Crippen LogP) is 2.82. The number of fused-ring (bicyclic) bond motifs is 1. The molecule has 0 unspecified atom stereocenters. The Balaban J connectivity index is 2.02. The molecule has 0 aliphatic carbocycles. The zero-order chi connectivity index (χ0) is 13.2. The van der Waals surface area contributed by atoms with E-state index >= 15 is 0 Å². The molecule has 19 heavy (non-hydrogen) atoms. The van der Waals surface area contributed by atoms with Crippen LogP contribution in [-0.4, -0.2) is 22.8 Å². The monoisotopic (exact) mass is 271 g/mol. The molecule has 0 amide bonds. The molecule has 0 bridgehead atoms. The van der Waals surface area contributed by atoms with Crippen molar-refractivity contribution in [2.45, 2.75) is 24.8 Å². The van der Waals surface area contributed by atoms with Gasteiger partial charge < -0.3 is 5.32 Å². The first-order valence-electron chi connectivity index (χ1n) is 6.49. The van der Waals surface area contributed by atoms with E-state index in [-0.39, 0.29) is 0 Å². The van der Waals surface area contributed by atoms with E-state index in [0.29, 0.717) is 0 Å². The van der Waals surface area contributed by atoms with Gasteiger partial charge in [0.2, 0.25) is 0 Å². The zero-order valence-corrected chi connectivity index (χ0v) is 12.0. The van der Waals surface area contributed by atoms with Gasteiger partial charge in [0.05, 0.1) is 5.69 Å². The summed E-state index contributed by atoms with van der Waals surface area (Å²) in [5, 5.41) is 3.37. The number of nitrogens with zero attached hydrogens (tertiary/aromatic N) is 2. The SMILES string of the molecule is CSc1ccc(-c2nc(C)c3c(n2)CCNC3)cc1. The van der Waals surface area contributed by atoms with Gasteiger partial charge >= 0.3 is 0 Å². The van der Waals surface area contributed by atoms with Gasteiger partial charge in [0, 0.05) is 41.2 Å². The molecule has 0 atom stereocenters. The van der Waals surface area contributed by atoms with Crippen LogP contribution in [0.15, 0.2) is 29.2 Å². The van der Waals surface area contributed by atoms with Crippen molar-refractivity contribution in [3.8, 4) is 11.4 Å². The van der Waals surface area contributed by atoms with E-state index in [1.165, 1.54) is 16.2 Å². The van der Waals surface area contributed by atoms with Crippen LogP contribution in [0, 0.1) is 6.92 Å². The quantitative estimate of drug-likeness (QED) is 0.852. The van der Waals surface area contributed by atoms with Gasteiger partial charge in [0.25, 0.3) is 0 Å². The number of rotatable bonds is 2. The first kappa shape index (κ1) is 12.6. The minimum Gasteiger partial charge on any atom is -0.312 e. The van der Waals surface area contributed by atoms with E-state index in [1.54, 1.807) is 11.8 Å². The molecule has 1 N–H and O–H groups in total. The highest BCUT2D eigenvalue weighted by molar-refractivity contribution is 7.98. The lowest BCUT2D eigenvalue weighted by Gasteiger charge is -2.18. The molecule has 1 aliphatic rings. The average Bonchev–Trinajstić information content (AvgIpc) is 2.47. The highest BCUT2D eigenvalue weighted by Crippen LogP contribution is 2.23. The average molecular weight is 271 g/mol. The molecular weight excluding hydrogens is 254 g/mol. The van der Waals surface area contributed by atoms with Crippen LogP contribution in [0.3, 0.4) is 0 Å². The van der Waals surface area contributed by atoms with E-state index in [0.717, 1.165) is 36.6 Å². The third-order valence-electron chi connectivity index (χ3n) is 3.49. The maximum atomic E-state index is 4.74. The fourth-order valence-corrected chi connectivity index (χ4v) is 2.79. The maximum Gasteiger partial charge on any atom is 0.159 e. The van der Waals surface area contributed by atoms with Crippen LogP contribution in [0.1, 0.15) is 17.0 Å². The van der Waals surface area contributed by atoms with Crippen LogP contribution >= 0.6 is 11.8 Å². The van der Waals surface area contributed by atoms with Crippen LogP contribution in [0.25, 0.3) is 11.4 Å². The Morgan fingerprint density at radius 2 is 1.95 bits per heavy atom. The lowest BCUT2D eigenvalue weighted by atomic mass is 10.1. The summed E-state index contributed by atoms with van der Waals surface area (Å²) in [5.74, 6) is 0.853. The van der Waals surface area contributed by atoms with Gasteiger partial charge in [-0.2, -0.15) is 0 Å². The van der Waals surface area contributed by atoms with E-state index in [4.69, 9.17) is 4.98 Å². The van der Waals surface area contributed by atoms with Crippen molar-refractivity contribution in [1.29, 1.82) is 0 Å². The van der Waals surface area contributed by atoms with Gasteiger partial charge in [0.1, 0.15) is 0 Å². The second-order valence-corrected chi connectivity index (χ2v) is 5.59.